The third-order valence-corrected chi connectivity index (χ3v) is 6.62. The van der Waals surface area contributed by atoms with Crippen LogP contribution in [-0.2, 0) is 11.0 Å². The largest absolute Gasteiger partial charge is 0.418 e. The summed E-state index contributed by atoms with van der Waals surface area (Å²) in [5.41, 5.74) is 4.61. The molecule has 8 nitrogen and oxygen atoms in total. The lowest BCUT2D eigenvalue weighted by molar-refractivity contribution is -0.139. The fraction of sp³-hybridized carbons (Fsp3) is 0.391. The van der Waals surface area contributed by atoms with Gasteiger partial charge in [-0.05, 0) is 31.0 Å². The predicted molar refractivity (Wildman–Crippen MR) is 118 cm³/mol. The Hall–Kier alpha value is -3.77. The minimum atomic E-state index is -4.72. The number of hydrogen-bond acceptors (Lipinski definition) is 5. The van der Waals surface area contributed by atoms with Gasteiger partial charge < -0.3 is 16.0 Å². The molecule has 1 aliphatic carbocycles. The van der Waals surface area contributed by atoms with Crippen LogP contribution in [0.3, 0.4) is 0 Å². The van der Waals surface area contributed by atoms with Crippen LogP contribution in [0.4, 0.5) is 27.8 Å². The molecule has 1 saturated heterocycles. The fourth-order valence-electron chi connectivity index (χ4n) is 4.65. The minimum absolute atomic E-state index is 0.0359. The first kappa shape index (κ1) is 23.9. The monoisotopic (exact) mass is 508 g/mol. The number of alkyl halides is 5. The van der Waals surface area contributed by atoms with E-state index in [0.29, 0.717) is 0 Å². The fourth-order valence-corrected chi connectivity index (χ4v) is 4.65. The molecule has 0 bridgehead atoms. The predicted octanol–water partition coefficient (Wildman–Crippen LogP) is 3.02. The van der Waals surface area contributed by atoms with Crippen LogP contribution in [0.2, 0.25) is 0 Å². The van der Waals surface area contributed by atoms with E-state index >= 15 is 0 Å². The molecule has 3 aromatic rings. The maximum absolute atomic E-state index is 14.6. The van der Waals surface area contributed by atoms with Gasteiger partial charge >= 0.3 is 6.18 Å². The Bertz CT molecular complexity index is 1340. The average molecular weight is 508 g/mol. The molecular formula is C23H21F5N6O2. The Morgan fingerprint density at radius 2 is 1.86 bits per heavy atom. The second-order valence-corrected chi connectivity index (χ2v) is 9.03. The molecule has 3 N–H and O–H groups in total. The lowest BCUT2D eigenvalue weighted by Gasteiger charge is -2.31. The first-order valence-electron chi connectivity index (χ1n) is 11.2. The first-order valence-corrected chi connectivity index (χ1v) is 11.2. The third kappa shape index (κ3) is 4.22. The number of benzene rings is 1. The van der Waals surface area contributed by atoms with E-state index in [4.69, 9.17) is 5.73 Å². The number of anilines is 1. The van der Waals surface area contributed by atoms with Gasteiger partial charge in [-0.2, -0.15) is 18.3 Å². The van der Waals surface area contributed by atoms with Crippen LogP contribution in [0, 0.1) is 5.92 Å². The van der Waals surface area contributed by atoms with Crippen molar-refractivity contribution in [1.29, 1.82) is 0 Å². The molecule has 2 aromatic heterocycles. The number of halogens is 5. The zero-order chi connectivity index (χ0) is 25.8. The van der Waals surface area contributed by atoms with Crippen LogP contribution < -0.4 is 11.1 Å². The highest BCUT2D eigenvalue weighted by Gasteiger charge is 2.43. The molecule has 3 heterocycles. The number of amides is 2. The molecule has 2 fully saturated rings. The van der Waals surface area contributed by atoms with Crippen LogP contribution in [0.15, 0.2) is 36.7 Å². The lowest BCUT2D eigenvalue weighted by atomic mass is 9.82. The Labute approximate surface area is 201 Å². The molecule has 1 aromatic carbocycles. The van der Waals surface area contributed by atoms with E-state index in [9.17, 15) is 31.5 Å². The number of carbonyl (C=O) groups excluding carboxylic acids is 2. The van der Waals surface area contributed by atoms with E-state index in [2.05, 4.69) is 15.4 Å². The van der Waals surface area contributed by atoms with E-state index in [1.807, 2.05) is 0 Å². The van der Waals surface area contributed by atoms with Crippen LogP contribution in [0.5, 0.6) is 0 Å². The number of fused-ring (bicyclic) bond motifs is 1. The van der Waals surface area contributed by atoms with Crippen molar-refractivity contribution in [1.82, 2.24) is 24.8 Å². The summed E-state index contributed by atoms with van der Waals surface area (Å²) in [4.78, 5) is 30.2. The van der Waals surface area contributed by atoms with Crippen LogP contribution in [-0.4, -0.2) is 62.8 Å². The van der Waals surface area contributed by atoms with Gasteiger partial charge in [0.25, 0.3) is 5.91 Å². The zero-order valence-electron chi connectivity index (χ0n) is 18.7. The highest BCUT2D eigenvalue weighted by Crippen LogP contribution is 2.38. The van der Waals surface area contributed by atoms with Gasteiger partial charge in [0.1, 0.15) is 24.2 Å². The molecule has 2 aliphatic rings. The third-order valence-electron chi connectivity index (χ3n) is 6.62. The molecule has 0 unspecified atom stereocenters. The van der Waals surface area contributed by atoms with Gasteiger partial charge in [-0.25, -0.2) is 18.3 Å². The number of nitrogens with zero attached hydrogens (tertiary/aromatic N) is 4. The van der Waals surface area contributed by atoms with Gasteiger partial charge in [0.15, 0.2) is 5.82 Å². The number of nitrogens with one attached hydrogen (secondary N) is 1. The SMILES string of the molecule is Nc1ncnn2c(-c3cccc(C(=O)N[C@@H]4CN(C(=O)C5CC(F)C5)C[C@@H]4F)c3)cc(C(F)(F)F)c12. The van der Waals surface area contributed by atoms with Gasteiger partial charge in [0.05, 0.1) is 23.8 Å². The van der Waals surface area contributed by atoms with Crippen LogP contribution in [0.25, 0.3) is 16.8 Å². The smallest absolute Gasteiger partial charge is 0.382 e. The number of hydrogen-bond donors (Lipinski definition) is 2. The summed E-state index contributed by atoms with van der Waals surface area (Å²) >= 11 is 0. The summed E-state index contributed by atoms with van der Waals surface area (Å²) in [6, 6.07) is 5.67. The number of nitrogens with two attached hydrogens (primary N) is 1. The molecule has 0 spiro atoms. The Morgan fingerprint density at radius 1 is 1.11 bits per heavy atom. The van der Waals surface area contributed by atoms with Crippen molar-refractivity contribution in [3.05, 3.63) is 47.8 Å². The highest BCUT2D eigenvalue weighted by atomic mass is 19.4. The van der Waals surface area contributed by atoms with Gasteiger partial charge in [-0.3, -0.25) is 9.59 Å². The molecule has 2 amide bonds. The molecular weight excluding hydrogens is 487 g/mol. The molecule has 13 heteroatoms. The summed E-state index contributed by atoms with van der Waals surface area (Å²) in [6.07, 6.45) is -5.98. The number of nitrogen functional groups attached to an aromatic ring is 1. The average Bonchev–Trinajstić information content (AvgIpc) is 3.38. The topological polar surface area (TPSA) is 106 Å². The van der Waals surface area contributed by atoms with Gasteiger partial charge in [-0.1, -0.05) is 12.1 Å². The normalized spacial score (nSPS) is 24.1. The van der Waals surface area contributed by atoms with Gasteiger partial charge in [0.2, 0.25) is 5.91 Å². The Kier molecular flexibility index (Phi) is 5.80. The van der Waals surface area contributed by atoms with Crippen molar-refractivity contribution >= 4 is 23.1 Å². The lowest BCUT2D eigenvalue weighted by Crippen LogP contribution is -2.44. The number of carbonyl (C=O) groups is 2. The number of likely N-dealkylation sites (tertiary alicyclic amines) is 1. The minimum Gasteiger partial charge on any atom is -0.382 e. The van der Waals surface area contributed by atoms with Crippen LogP contribution >= 0.6 is 0 Å². The van der Waals surface area contributed by atoms with E-state index in [0.717, 1.165) is 16.9 Å². The van der Waals surface area contributed by atoms with Crippen molar-refractivity contribution in [2.75, 3.05) is 18.8 Å². The molecule has 36 heavy (non-hydrogen) atoms. The van der Waals surface area contributed by atoms with E-state index in [-0.39, 0.29) is 54.5 Å². The van der Waals surface area contributed by atoms with Gasteiger partial charge in [0, 0.05) is 23.6 Å². The van der Waals surface area contributed by atoms with E-state index in [1.165, 1.54) is 29.2 Å². The summed E-state index contributed by atoms with van der Waals surface area (Å²) in [7, 11) is 0. The van der Waals surface area contributed by atoms with E-state index < -0.39 is 47.5 Å². The second-order valence-electron chi connectivity index (χ2n) is 9.03. The van der Waals surface area contributed by atoms with Gasteiger partial charge in [-0.15, -0.1) is 0 Å². The Balaban J connectivity index is 1.37. The van der Waals surface area contributed by atoms with Crippen molar-refractivity contribution < 1.29 is 31.5 Å². The van der Waals surface area contributed by atoms with Crippen LogP contribution in [0.1, 0.15) is 28.8 Å². The maximum atomic E-state index is 14.6. The van der Waals surface area contributed by atoms with Crippen molar-refractivity contribution in [2.45, 2.75) is 37.4 Å². The quantitative estimate of drug-likeness (QED) is 0.528. The Morgan fingerprint density at radius 3 is 2.56 bits per heavy atom. The molecule has 1 saturated carbocycles. The summed E-state index contributed by atoms with van der Waals surface area (Å²) in [5.74, 6) is -1.80. The highest BCUT2D eigenvalue weighted by molar-refractivity contribution is 5.96. The second kappa shape index (κ2) is 8.71. The zero-order valence-corrected chi connectivity index (χ0v) is 18.7. The van der Waals surface area contributed by atoms with E-state index in [1.54, 1.807) is 0 Å². The van der Waals surface area contributed by atoms with Crippen molar-refractivity contribution in [2.24, 2.45) is 5.92 Å². The van der Waals surface area contributed by atoms with Crippen molar-refractivity contribution in [3.8, 4) is 11.3 Å². The standard InChI is InChI=1S/C23H21F5N6O2/c24-14-5-13(6-14)22(36)33-8-16(25)17(9-33)32-21(35)12-3-1-2-11(4-12)18-7-15(23(26,27)28)19-20(29)30-10-31-34(18)19/h1-4,7,10,13-14,16-17H,5-6,8-9H2,(H,32,35)(H2,29,30,31)/t13?,14?,16-,17+/m0/s1. The summed E-state index contributed by atoms with van der Waals surface area (Å²) in [5, 5.41) is 6.44. The number of aromatic nitrogens is 3. The summed E-state index contributed by atoms with van der Waals surface area (Å²) < 4.78 is 69.5. The maximum Gasteiger partial charge on any atom is 0.418 e. The molecule has 5 rings (SSSR count). The molecule has 0 radical (unpaired) electrons. The summed E-state index contributed by atoms with van der Waals surface area (Å²) in [6.45, 7) is -0.248. The molecule has 2 atom stereocenters. The first-order chi connectivity index (χ1) is 17.0. The molecule has 1 aliphatic heterocycles. The van der Waals surface area contributed by atoms with Crippen molar-refractivity contribution in [3.63, 3.8) is 0 Å². The number of rotatable bonds is 4. The molecule has 190 valence electrons.